The Morgan fingerprint density at radius 3 is 1.43 bits per heavy atom. The second-order valence-electron chi connectivity index (χ2n) is 14.0. The lowest BCUT2D eigenvalue weighted by atomic mass is 9.98. The molecule has 0 amide bonds. The van der Waals surface area contributed by atoms with E-state index in [0.29, 0.717) is 0 Å². The Morgan fingerprint density at radius 1 is 0.396 bits per heavy atom. The number of benzene rings is 6. The van der Waals surface area contributed by atoms with Crippen LogP contribution in [0.3, 0.4) is 0 Å². The summed E-state index contributed by atoms with van der Waals surface area (Å²) in [7, 11) is 0. The van der Waals surface area contributed by atoms with Gasteiger partial charge in [0.2, 0.25) is 0 Å². The molecule has 0 aliphatic rings. The molecule has 0 radical (unpaired) electrons. The van der Waals surface area contributed by atoms with Gasteiger partial charge in [0.1, 0.15) is 0 Å². The van der Waals surface area contributed by atoms with E-state index in [4.69, 9.17) is 0 Å². The van der Waals surface area contributed by atoms with E-state index in [2.05, 4.69) is 217 Å². The summed E-state index contributed by atoms with van der Waals surface area (Å²) in [6.45, 7) is 8.83. The first-order chi connectivity index (χ1) is 26.0. The molecule has 0 aliphatic heterocycles. The van der Waals surface area contributed by atoms with Crippen molar-refractivity contribution >= 4 is 27.6 Å². The molecule has 0 saturated carbocycles. The fourth-order valence-electron chi connectivity index (χ4n) is 8.20. The maximum atomic E-state index is 2.48. The fraction of sp³-hybridized carbons (Fsp3) is 0.0800. The summed E-state index contributed by atoms with van der Waals surface area (Å²) in [4.78, 5) is 0. The van der Waals surface area contributed by atoms with E-state index < -0.39 is 0 Å². The zero-order valence-corrected chi connectivity index (χ0v) is 30.6. The number of aromatic nitrogens is 3. The van der Waals surface area contributed by atoms with E-state index in [-0.39, 0.29) is 0 Å². The van der Waals surface area contributed by atoms with Crippen molar-refractivity contribution in [3.8, 4) is 51.1 Å². The monoisotopic (exact) mass is 683 g/mol. The predicted molar refractivity (Wildman–Crippen MR) is 225 cm³/mol. The quantitative estimate of drug-likeness (QED) is 0.149. The minimum atomic E-state index is 1.12. The SMILES string of the molecule is C/C=C/c1c(C)cc(-c2c(C)cc(-c3c(C)cc(-c4cccc5cc6ccccc6cc45)n3-c3ccccc3)n2-c2ccccc2)n1-c1ccccc1. The van der Waals surface area contributed by atoms with Gasteiger partial charge in [0, 0.05) is 28.3 Å². The van der Waals surface area contributed by atoms with Crippen molar-refractivity contribution in [2.24, 2.45) is 0 Å². The van der Waals surface area contributed by atoms with Gasteiger partial charge in [-0.2, -0.15) is 0 Å². The van der Waals surface area contributed by atoms with Gasteiger partial charge in [0.15, 0.2) is 0 Å². The maximum absolute atomic E-state index is 2.48. The van der Waals surface area contributed by atoms with Crippen LogP contribution in [0.2, 0.25) is 0 Å². The molecule has 256 valence electrons. The number of rotatable bonds is 7. The van der Waals surface area contributed by atoms with Crippen LogP contribution in [-0.2, 0) is 0 Å². The van der Waals surface area contributed by atoms with Crippen LogP contribution in [0.5, 0.6) is 0 Å². The molecule has 6 aromatic carbocycles. The van der Waals surface area contributed by atoms with Crippen molar-refractivity contribution in [3.05, 3.63) is 192 Å². The molecule has 0 atom stereocenters. The van der Waals surface area contributed by atoms with E-state index in [1.54, 1.807) is 0 Å². The highest BCUT2D eigenvalue weighted by Crippen LogP contribution is 2.44. The van der Waals surface area contributed by atoms with Crippen molar-refractivity contribution in [1.29, 1.82) is 0 Å². The molecule has 0 fully saturated rings. The highest BCUT2D eigenvalue weighted by atomic mass is 15.1. The minimum absolute atomic E-state index is 1.12. The number of hydrogen-bond donors (Lipinski definition) is 0. The molecule has 53 heavy (non-hydrogen) atoms. The van der Waals surface area contributed by atoms with Gasteiger partial charge in [-0.1, -0.05) is 103 Å². The molecule has 3 aromatic heterocycles. The van der Waals surface area contributed by atoms with Gasteiger partial charge < -0.3 is 13.7 Å². The van der Waals surface area contributed by atoms with Gasteiger partial charge >= 0.3 is 0 Å². The van der Waals surface area contributed by atoms with Gasteiger partial charge in [0.05, 0.1) is 28.5 Å². The van der Waals surface area contributed by atoms with E-state index in [1.165, 1.54) is 66.6 Å². The zero-order chi connectivity index (χ0) is 36.1. The number of aryl methyl sites for hydroxylation is 3. The second-order valence-corrected chi connectivity index (χ2v) is 14.0. The normalized spacial score (nSPS) is 11.7. The van der Waals surface area contributed by atoms with Crippen LogP contribution in [0.4, 0.5) is 0 Å². The van der Waals surface area contributed by atoms with Gasteiger partial charge in [0.25, 0.3) is 0 Å². The lowest BCUT2D eigenvalue weighted by Gasteiger charge is -2.20. The molecule has 3 heterocycles. The average molecular weight is 684 g/mol. The molecule has 0 bridgehead atoms. The van der Waals surface area contributed by atoms with Crippen LogP contribution in [0.25, 0.3) is 78.7 Å². The molecule has 0 spiro atoms. The standard InChI is InChI=1S/C50H41N3/c1-5-18-45-34(2)29-47(51(45)40-22-9-6-10-23-40)49-36(4)31-48(53(49)42-26-13-8-14-27-42)50-35(3)30-46(52(50)41-24-11-7-12-25-41)43-28-17-21-39-32-37-19-15-16-20-38(37)33-44(39)43/h5-33H,1-4H3/b18-5+. The van der Waals surface area contributed by atoms with Gasteiger partial charge in [-0.3, -0.25) is 0 Å². The van der Waals surface area contributed by atoms with Crippen LogP contribution in [-0.4, -0.2) is 13.7 Å². The van der Waals surface area contributed by atoms with Crippen molar-refractivity contribution < 1.29 is 0 Å². The Bertz CT molecular complexity index is 2790. The van der Waals surface area contributed by atoms with E-state index in [9.17, 15) is 0 Å². The molecule has 0 aliphatic carbocycles. The van der Waals surface area contributed by atoms with Crippen LogP contribution in [0.15, 0.2) is 170 Å². The van der Waals surface area contributed by atoms with Crippen molar-refractivity contribution in [2.45, 2.75) is 27.7 Å². The smallest absolute Gasteiger partial charge is 0.0733 e. The number of fused-ring (bicyclic) bond motifs is 2. The Hall–Kier alpha value is -6.58. The summed E-state index contributed by atoms with van der Waals surface area (Å²) >= 11 is 0. The van der Waals surface area contributed by atoms with E-state index in [0.717, 1.165) is 28.5 Å². The molecule has 3 nitrogen and oxygen atoms in total. The second kappa shape index (κ2) is 13.2. The molecular formula is C50H41N3. The summed E-state index contributed by atoms with van der Waals surface area (Å²) in [6.07, 6.45) is 4.36. The summed E-state index contributed by atoms with van der Waals surface area (Å²) < 4.78 is 7.37. The molecule has 9 aromatic rings. The number of para-hydroxylation sites is 3. The van der Waals surface area contributed by atoms with Gasteiger partial charge in [-0.05, 0) is 139 Å². The molecule has 0 saturated heterocycles. The highest BCUT2D eigenvalue weighted by molar-refractivity contribution is 6.05. The highest BCUT2D eigenvalue weighted by Gasteiger charge is 2.27. The van der Waals surface area contributed by atoms with E-state index in [1.807, 2.05) is 0 Å². The maximum Gasteiger partial charge on any atom is 0.0733 e. The topological polar surface area (TPSA) is 14.8 Å². The van der Waals surface area contributed by atoms with Crippen molar-refractivity contribution in [2.75, 3.05) is 0 Å². The fourth-order valence-corrected chi connectivity index (χ4v) is 8.20. The van der Waals surface area contributed by atoms with Crippen molar-refractivity contribution in [3.63, 3.8) is 0 Å². The van der Waals surface area contributed by atoms with E-state index >= 15 is 0 Å². The first-order valence-electron chi connectivity index (χ1n) is 18.4. The van der Waals surface area contributed by atoms with Gasteiger partial charge in [-0.25, -0.2) is 0 Å². The molecule has 0 N–H and O–H groups in total. The number of hydrogen-bond acceptors (Lipinski definition) is 0. The van der Waals surface area contributed by atoms with Crippen LogP contribution in [0, 0.1) is 20.8 Å². The lowest BCUT2D eigenvalue weighted by molar-refractivity contribution is 1.00. The molecule has 3 heteroatoms. The third kappa shape index (κ3) is 5.44. The summed E-state index contributed by atoms with van der Waals surface area (Å²) in [6, 6.07) is 59.5. The van der Waals surface area contributed by atoms with Gasteiger partial charge in [-0.15, -0.1) is 0 Å². The third-order valence-corrected chi connectivity index (χ3v) is 10.5. The lowest BCUT2D eigenvalue weighted by Crippen LogP contribution is -2.07. The Kier molecular flexibility index (Phi) is 8.05. The summed E-state index contributed by atoms with van der Waals surface area (Å²) in [5.74, 6) is 0. The Labute approximate surface area is 311 Å². The molecular weight excluding hydrogens is 643 g/mol. The van der Waals surface area contributed by atoms with Crippen LogP contribution >= 0.6 is 0 Å². The largest absolute Gasteiger partial charge is 0.308 e. The van der Waals surface area contributed by atoms with Crippen LogP contribution < -0.4 is 0 Å². The minimum Gasteiger partial charge on any atom is -0.308 e. The summed E-state index contributed by atoms with van der Waals surface area (Å²) in [5, 5.41) is 4.98. The first kappa shape index (κ1) is 32.3. The molecule has 9 rings (SSSR count). The predicted octanol–water partition coefficient (Wildman–Crippen LogP) is 13.3. The van der Waals surface area contributed by atoms with Crippen molar-refractivity contribution in [1.82, 2.24) is 13.7 Å². The Morgan fingerprint density at radius 2 is 0.849 bits per heavy atom. The Balaban J connectivity index is 1.37. The number of allylic oxidation sites excluding steroid dienone is 1. The summed E-state index contributed by atoms with van der Waals surface area (Å²) in [5.41, 5.74) is 15.3. The van der Waals surface area contributed by atoms with Crippen LogP contribution in [0.1, 0.15) is 29.3 Å². The number of nitrogens with zero attached hydrogens (tertiary/aromatic N) is 3. The average Bonchev–Trinajstić information content (AvgIpc) is 3.83. The third-order valence-electron chi connectivity index (χ3n) is 10.5. The first-order valence-corrected chi connectivity index (χ1v) is 18.4. The zero-order valence-electron chi connectivity index (χ0n) is 30.6. The molecule has 0 unspecified atom stereocenters.